The zero-order valence-corrected chi connectivity index (χ0v) is 27.8. The third kappa shape index (κ3) is 11.9. The van der Waals surface area contributed by atoms with Crippen molar-refractivity contribution >= 4 is 35.1 Å². The molecule has 8 nitrogen and oxygen atoms in total. The highest BCUT2D eigenvalue weighted by molar-refractivity contribution is 7.09. The summed E-state index contributed by atoms with van der Waals surface area (Å²) >= 11 is 1.56. The molecule has 1 fully saturated rings. The van der Waals surface area contributed by atoms with E-state index in [0.29, 0.717) is 44.6 Å². The quantitative estimate of drug-likeness (QED) is 0.240. The topological polar surface area (TPSA) is 132 Å². The zero-order chi connectivity index (χ0) is 31.5. The predicted molar refractivity (Wildman–Crippen MR) is 170 cm³/mol. The Hall–Kier alpha value is -2.10. The van der Waals surface area contributed by atoms with Crippen molar-refractivity contribution in [2.24, 2.45) is 23.0 Å². The number of aromatic nitrogens is 1. The third-order valence-electron chi connectivity index (χ3n) is 8.65. The smallest absolute Gasteiger partial charge is 0.306 e. The van der Waals surface area contributed by atoms with Gasteiger partial charge < -0.3 is 20.9 Å². The van der Waals surface area contributed by atoms with E-state index in [1.165, 1.54) is 0 Å². The van der Waals surface area contributed by atoms with E-state index in [1.54, 1.807) is 25.2 Å². The average molecular weight is 606 g/mol. The molecule has 1 amide bonds. The van der Waals surface area contributed by atoms with Crippen molar-refractivity contribution in [2.45, 2.75) is 137 Å². The first-order valence-electron chi connectivity index (χ1n) is 15.7. The first kappa shape index (κ1) is 36.1. The van der Waals surface area contributed by atoms with Crippen LogP contribution in [0.15, 0.2) is 11.0 Å². The number of nitrogens with two attached hydrogens (primary N) is 1. The Bertz CT molecular complexity index is 1060. The van der Waals surface area contributed by atoms with Gasteiger partial charge in [0, 0.05) is 17.7 Å². The van der Waals surface area contributed by atoms with Crippen molar-refractivity contribution in [3.8, 4) is 0 Å². The number of unbranched alkanes of at least 4 members (excludes halogenated alkanes) is 2. The second-order valence-corrected chi connectivity index (χ2v) is 14.4. The number of nitrogens with one attached hydrogen (secondary N) is 1. The first-order chi connectivity index (χ1) is 19.6. The second-order valence-electron chi connectivity index (χ2n) is 13.3. The van der Waals surface area contributed by atoms with Gasteiger partial charge in [0.05, 0.1) is 34.2 Å². The maximum absolute atomic E-state index is 13.8. The van der Waals surface area contributed by atoms with E-state index < -0.39 is 23.1 Å². The molecule has 42 heavy (non-hydrogen) atoms. The summed E-state index contributed by atoms with van der Waals surface area (Å²) in [6.07, 6.45) is 7.69. The molecule has 2 heterocycles. The molecule has 4 N–H and O–H groups in total. The number of hydrogen-bond donors (Lipinski definition) is 3. The molecule has 1 aliphatic heterocycles. The minimum Gasteiger partial charge on any atom is -0.461 e. The normalized spacial score (nSPS) is 28.7. The van der Waals surface area contributed by atoms with Gasteiger partial charge in [0.1, 0.15) is 11.9 Å². The molecule has 9 heteroatoms. The van der Waals surface area contributed by atoms with Crippen molar-refractivity contribution in [3.05, 3.63) is 21.7 Å². The Kier molecular flexibility index (Phi) is 14.3. The number of hydrogen-bond acceptors (Lipinski definition) is 8. The standard InChI is InChI=1S/C33H55N3O5S/c1-22-12-11-15-33(7,40)16-14-27(23(2)19-26-21-42-25(4)35-26)36-29(37)20-28(32(5,6)31(39)24(3)18-22)41-30(38)13-9-8-10-17-34/h19,21-22,24,27-28,40H,8-18,20,34H2,1-7H3,(H,36,37)/b23-19+/t22-,24+,27-,28-,33+/m0/s1. The number of esters is 1. The number of aliphatic hydroxyl groups is 1. The lowest BCUT2D eigenvalue weighted by Gasteiger charge is -2.35. The van der Waals surface area contributed by atoms with E-state index in [4.69, 9.17) is 10.5 Å². The molecule has 2 rings (SSSR count). The number of carbonyl (C=O) groups is 3. The molecule has 0 aliphatic carbocycles. The Morgan fingerprint density at radius 3 is 2.55 bits per heavy atom. The van der Waals surface area contributed by atoms with Crippen molar-refractivity contribution in [1.29, 1.82) is 0 Å². The van der Waals surface area contributed by atoms with E-state index in [0.717, 1.165) is 42.0 Å². The van der Waals surface area contributed by atoms with Crippen LogP contribution in [0, 0.1) is 24.2 Å². The molecule has 0 aromatic carbocycles. The summed E-state index contributed by atoms with van der Waals surface area (Å²) in [7, 11) is 0. The molecule has 238 valence electrons. The van der Waals surface area contributed by atoms with Crippen LogP contribution in [-0.2, 0) is 19.1 Å². The lowest BCUT2D eigenvalue weighted by atomic mass is 9.73. The number of amides is 1. The van der Waals surface area contributed by atoms with Crippen LogP contribution in [0.2, 0.25) is 0 Å². The van der Waals surface area contributed by atoms with Crippen LogP contribution in [0.25, 0.3) is 6.08 Å². The van der Waals surface area contributed by atoms with Gasteiger partial charge >= 0.3 is 5.97 Å². The Morgan fingerprint density at radius 2 is 1.90 bits per heavy atom. The monoisotopic (exact) mass is 605 g/mol. The zero-order valence-electron chi connectivity index (χ0n) is 27.0. The minimum absolute atomic E-state index is 0.00583. The Balaban J connectivity index is 2.38. The van der Waals surface area contributed by atoms with E-state index in [9.17, 15) is 19.5 Å². The summed E-state index contributed by atoms with van der Waals surface area (Å²) in [4.78, 5) is 44.8. The molecular weight excluding hydrogens is 550 g/mol. The van der Waals surface area contributed by atoms with Gasteiger partial charge in [0.25, 0.3) is 0 Å². The molecule has 1 aromatic heterocycles. The van der Waals surface area contributed by atoms with Gasteiger partial charge in [-0.25, -0.2) is 4.98 Å². The summed E-state index contributed by atoms with van der Waals surface area (Å²) in [5, 5.41) is 17.3. The highest BCUT2D eigenvalue weighted by Gasteiger charge is 2.43. The van der Waals surface area contributed by atoms with Gasteiger partial charge in [-0.15, -0.1) is 11.3 Å². The summed E-state index contributed by atoms with van der Waals surface area (Å²) < 4.78 is 5.92. The molecule has 0 radical (unpaired) electrons. The van der Waals surface area contributed by atoms with Gasteiger partial charge in [-0.1, -0.05) is 33.1 Å². The number of aryl methyl sites for hydroxylation is 1. The SMILES string of the molecule is C/C(=C\c1csc(C)n1)[C@@H]1CC[C@](C)(O)CCC[C@H](C)C[C@@H](C)C(=O)C(C)(C)[C@@H](OC(=O)CCCCCN)CC(=O)N1. The fourth-order valence-electron chi connectivity index (χ4n) is 5.90. The van der Waals surface area contributed by atoms with Crippen LogP contribution in [-0.4, -0.2) is 52.0 Å². The highest BCUT2D eigenvalue weighted by Crippen LogP contribution is 2.34. The van der Waals surface area contributed by atoms with Gasteiger partial charge in [-0.05, 0) is 97.3 Å². The van der Waals surface area contributed by atoms with Crippen LogP contribution >= 0.6 is 11.3 Å². The first-order valence-corrected chi connectivity index (χ1v) is 16.6. The molecule has 1 aromatic rings. The lowest BCUT2D eigenvalue weighted by molar-refractivity contribution is -0.161. The average Bonchev–Trinajstić information content (AvgIpc) is 3.31. The number of carbonyl (C=O) groups excluding carboxylic acids is 3. The van der Waals surface area contributed by atoms with Crippen LogP contribution in [0.5, 0.6) is 0 Å². The molecule has 0 unspecified atom stereocenters. The second kappa shape index (κ2) is 16.7. The van der Waals surface area contributed by atoms with E-state index in [-0.39, 0.29) is 36.5 Å². The van der Waals surface area contributed by atoms with Gasteiger partial charge in [-0.3, -0.25) is 14.4 Å². The fourth-order valence-corrected chi connectivity index (χ4v) is 6.47. The van der Waals surface area contributed by atoms with Crippen LogP contribution in [0.1, 0.15) is 123 Å². The number of ketones is 1. The number of nitrogens with zero attached hydrogens (tertiary/aromatic N) is 1. The molecule has 1 saturated heterocycles. The number of ether oxygens (including phenoxy) is 1. The summed E-state index contributed by atoms with van der Waals surface area (Å²) in [6.45, 7) is 14.0. The summed E-state index contributed by atoms with van der Waals surface area (Å²) in [6, 6.07) is -0.344. The number of Topliss-reactive ketones (excluding diaryl/α,β-unsaturated/α-hetero) is 1. The predicted octanol–water partition coefficient (Wildman–Crippen LogP) is 6.13. The van der Waals surface area contributed by atoms with Gasteiger partial charge in [0.15, 0.2) is 0 Å². The highest BCUT2D eigenvalue weighted by atomic mass is 32.1. The van der Waals surface area contributed by atoms with Crippen molar-refractivity contribution in [3.63, 3.8) is 0 Å². The molecule has 0 bridgehead atoms. The molecular formula is C33H55N3O5S. The Morgan fingerprint density at radius 1 is 1.19 bits per heavy atom. The molecule has 0 saturated carbocycles. The van der Waals surface area contributed by atoms with Crippen molar-refractivity contribution in [1.82, 2.24) is 10.3 Å². The Labute approximate surface area is 257 Å². The molecule has 1 aliphatic rings. The minimum atomic E-state index is -1.04. The number of rotatable bonds is 8. The maximum atomic E-state index is 13.8. The molecule has 0 spiro atoms. The van der Waals surface area contributed by atoms with Gasteiger partial charge in [-0.2, -0.15) is 0 Å². The van der Waals surface area contributed by atoms with Crippen molar-refractivity contribution < 1.29 is 24.2 Å². The molecule has 5 atom stereocenters. The third-order valence-corrected chi connectivity index (χ3v) is 9.45. The summed E-state index contributed by atoms with van der Waals surface area (Å²) in [5.74, 6) is -0.652. The lowest BCUT2D eigenvalue weighted by Crippen LogP contribution is -2.47. The van der Waals surface area contributed by atoms with E-state index in [2.05, 4.69) is 17.2 Å². The number of thiazole rings is 1. The largest absolute Gasteiger partial charge is 0.461 e. The van der Waals surface area contributed by atoms with E-state index in [1.807, 2.05) is 39.2 Å². The van der Waals surface area contributed by atoms with E-state index >= 15 is 0 Å². The maximum Gasteiger partial charge on any atom is 0.306 e. The van der Waals surface area contributed by atoms with Crippen LogP contribution in [0.3, 0.4) is 0 Å². The van der Waals surface area contributed by atoms with Crippen LogP contribution < -0.4 is 11.1 Å². The van der Waals surface area contributed by atoms with Crippen LogP contribution in [0.4, 0.5) is 0 Å². The van der Waals surface area contributed by atoms with Gasteiger partial charge in [0.2, 0.25) is 5.91 Å². The van der Waals surface area contributed by atoms with Crippen molar-refractivity contribution in [2.75, 3.05) is 6.54 Å². The summed E-state index contributed by atoms with van der Waals surface area (Å²) in [5.41, 5.74) is 5.43. The fraction of sp³-hybridized carbons (Fsp3) is 0.758.